The molecule has 0 unspecified atom stereocenters. The number of ether oxygens (including phenoxy) is 1. The van der Waals surface area contributed by atoms with Crippen LogP contribution in [0.15, 0.2) is 41.4 Å². The Morgan fingerprint density at radius 3 is 2.72 bits per heavy atom. The summed E-state index contributed by atoms with van der Waals surface area (Å²) in [5, 5.41) is 2.81. The topological polar surface area (TPSA) is 97.4 Å². The zero-order chi connectivity index (χ0) is 20.9. The van der Waals surface area contributed by atoms with E-state index in [0.29, 0.717) is 18.3 Å². The maximum Gasteiger partial charge on any atom is 0.258 e. The number of carbonyl (C=O) groups is 1. The Balaban J connectivity index is 1.76. The molecule has 3 rings (SSSR count). The van der Waals surface area contributed by atoms with Gasteiger partial charge in [0.1, 0.15) is 0 Å². The van der Waals surface area contributed by atoms with Crippen LogP contribution in [0.1, 0.15) is 42.5 Å². The molecule has 0 saturated heterocycles. The second-order valence-electron chi connectivity index (χ2n) is 6.97. The number of amides is 1. The highest BCUT2D eigenvalue weighted by atomic mass is 35.5. The first-order valence-electron chi connectivity index (χ1n) is 9.53. The van der Waals surface area contributed by atoms with Gasteiger partial charge in [-0.25, -0.2) is 18.1 Å². The van der Waals surface area contributed by atoms with Crippen LogP contribution < -0.4 is 14.8 Å². The molecular formula is C20H24ClN3O4S. The molecule has 2 aromatic rings. The molecule has 1 heterocycles. The molecule has 2 N–H and O–H groups in total. The standard InChI is InChI=1S/C20H24ClN3O4S/c1-22-29(26,27)15-9-10-17(21)16(12-15)20(25)24-19-18(8-5-11-23-19)28-13-14-6-3-2-4-7-14/h5,8-12,14,22H,2-4,6-7,13H2,1H3,(H,23,24,25). The second-order valence-corrected chi connectivity index (χ2v) is 9.26. The molecule has 9 heteroatoms. The predicted molar refractivity (Wildman–Crippen MR) is 112 cm³/mol. The third kappa shape index (κ3) is 5.46. The van der Waals surface area contributed by atoms with Gasteiger partial charge in [0.05, 0.1) is 22.1 Å². The summed E-state index contributed by atoms with van der Waals surface area (Å²) in [6.07, 6.45) is 7.54. The first kappa shape index (κ1) is 21.5. The number of sulfonamides is 1. The van der Waals surface area contributed by atoms with Crippen LogP contribution in [-0.2, 0) is 10.0 Å². The summed E-state index contributed by atoms with van der Waals surface area (Å²) < 4.78 is 32.2. The molecule has 0 spiro atoms. The highest BCUT2D eigenvalue weighted by Gasteiger charge is 2.20. The number of carbonyl (C=O) groups excluding carboxylic acids is 1. The number of benzene rings is 1. The van der Waals surface area contributed by atoms with E-state index in [1.54, 1.807) is 18.3 Å². The van der Waals surface area contributed by atoms with Crippen molar-refractivity contribution in [2.24, 2.45) is 5.92 Å². The van der Waals surface area contributed by atoms with Gasteiger partial charge in [-0.2, -0.15) is 0 Å². The van der Waals surface area contributed by atoms with Crippen LogP contribution in [-0.4, -0.2) is 33.0 Å². The van der Waals surface area contributed by atoms with E-state index in [1.165, 1.54) is 44.5 Å². The van der Waals surface area contributed by atoms with Crippen molar-refractivity contribution in [1.82, 2.24) is 9.71 Å². The van der Waals surface area contributed by atoms with Crippen LogP contribution in [0.4, 0.5) is 5.82 Å². The van der Waals surface area contributed by atoms with Crippen molar-refractivity contribution in [3.05, 3.63) is 47.1 Å². The summed E-state index contributed by atoms with van der Waals surface area (Å²) in [4.78, 5) is 16.9. The number of halogens is 1. The molecule has 0 aliphatic heterocycles. The van der Waals surface area contributed by atoms with E-state index in [0.717, 1.165) is 12.8 Å². The minimum atomic E-state index is -3.70. The predicted octanol–water partition coefficient (Wildman–Crippen LogP) is 3.85. The first-order chi connectivity index (χ1) is 13.9. The molecule has 1 amide bonds. The van der Waals surface area contributed by atoms with Crippen LogP contribution in [0.3, 0.4) is 0 Å². The molecule has 0 bridgehead atoms. The van der Waals surface area contributed by atoms with E-state index < -0.39 is 15.9 Å². The summed E-state index contributed by atoms with van der Waals surface area (Å²) in [5.74, 6) is 0.683. The average molecular weight is 438 g/mol. The fourth-order valence-corrected chi connectivity index (χ4v) is 4.26. The van der Waals surface area contributed by atoms with Crippen molar-refractivity contribution in [3.63, 3.8) is 0 Å². The molecule has 7 nitrogen and oxygen atoms in total. The molecule has 1 aliphatic carbocycles. The summed E-state index contributed by atoms with van der Waals surface area (Å²) in [6.45, 7) is 0.575. The summed E-state index contributed by atoms with van der Waals surface area (Å²) in [7, 11) is -2.40. The Hall–Kier alpha value is -2.16. The van der Waals surface area contributed by atoms with Gasteiger partial charge < -0.3 is 10.1 Å². The van der Waals surface area contributed by atoms with Gasteiger partial charge in [-0.15, -0.1) is 0 Å². The van der Waals surface area contributed by atoms with Crippen molar-refractivity contribution >= 4 is 33.3 Å². The summed E-state index contributed by atoms with van der Waals surface area (Å²) in [5.41, 5.74) is 0.0341. The van der Waals surface area contributed by atoms with E-state index in [-0.39, 0.29) is 21.3 Å². The van der Waals surface area contributed by atoms with Gasteiger partial charge in [0.25, 0.3) is 5.91 Å². The van der Waals surface area contributed by atoms with E-state index in [2.05, 4.69) is 15.0 Å². The van der Waals surface area contributed by atoms with Crippen molar-refractivity contribution in [3.8, 4) is 5.75 Å². The molecular weight excluding hydrogens is 414 g/mol. The minimum absolute atomic E-state index is 0.0341. The van der Waals surface area contributed by atoms with Gasteiger partial charge in [-0.05, 0) is 56.1 Å². The van der Waals surface area contributed by atoms with Crippen LogP contribution in [0, 0.1) is 5.92 Å². The first-order valence-corrected chi connectivity index (χ1v) is 11.4. The Kier molecular flexibility index (Phi) is 7.10. The lowest BCUT2D eigenvalue weighted by atomic mass is 9.90. The van der Waals surface area contributed by atoms with E-state index >= 15 is 0 Å². The molecule has 0 radical (unpaired) electrons. The molecule has 1 saturated carbocycles. The van der Waals surface area contributed by atoms with Crippen molar-refractivity contribution in [2.45, 2.75) is 37.0 Å². The molecule has 1 aliphatic rings. The minimum Gasteiger partial charge on any atom is -0.489 e. The third-order valence-electron chi connectivity index (χ3n) is 4.96. The Bertz CT molecular complexity index is 975. The fourth-order valence-electron chi connectivity index (χ4n) is 3.30. The van der Waals surface area contributed by atoms with Gasteiger partial charge in [-0.1, -0.05) is 30.9 Å². The smallest absolute Gasteiger partial charge is 0.258 e. The van der Waals surface area contributed by atoms with E-state index in [4.69, 9.17) is 16.3 Å². The van der Waals surface area contributed by atoms with Gasteiger partial charge in [0, 0.05) is 6.20 Å². The number of rotatable bonds is 7. The number of hydrogen-bond acceptors (Lipinski definition) is 5. The zero-order valence-electron chi connectivity index (χ0n) is 16.2. The third-order valence-corrected chi connectivity index (χ3v) is 6.70. The lowest BCUT2D eigenvalue weighted by Gasteiger charge is -2.22. The summed E-state index contributed by atoms with van der Waals surface area (Å²) in [6, 6.07) is 7.42. The normalized spacial score (nSPS) is 15.1. The van der Waals surface area contributed by atoms with Crippen molar-refractivity contribution < 1.29 is 17.9 Å². The Labute approximate surface area is 175 Å². The fraction of sp³-hybridized carbons (Fsp3) is 0.400. The number of pyridine rings is 1. The van der Waals surface area contributed by atoms with Crippen LogP contribution >= 0.6 is 11.6 Å². The average Bonchev–Trinajstić information content (AvgIpc) is 2.74. The van der Waals surface area contributed by atoms with Gasteiger partial charge >= 0.3 is 0 Å². The Morgan fingerprint density at radius 1 is 1.24 bits per heavy atom. The molecule has 29 heavy (non-hydrogen) atoms. The largest absolute Gasteiger partial charge is 0.489 e. The van der Waals surface area contributed by atoms with Crippen molar-refractivity contribution in [1.29, 1.82) is 0 Å². The number of nitrogens with one attached hydrogen (secondary N) is 2. The quantitative estimate of drug-likeness (QED) is 0.685. The summed E-state index contributed by atoms with van der Waals surface area (Å²) >= 11 is 6.13. The molecule has 156 valence electrons. The maximum absolute atomic E-state index is 12.8. The van der Waals surface area contributed by atoms with Gasteiger partial charge in [-0.3, -0.25) is 4.79 Å². The van der Waals surface area contributed by atoms with Gasteiger partial charge in [0.2, 0.25) is 10.0 Å². The van der Waals surface area contributed by atoms with Crippen LogP contribution in [0.5, 0.6) is 5.75 Å². The van der Waals surface area contributed by atoms with E-state index in [9.17, 15) is 13.2 Å². The van der Waals surface area contributed by atoms with Crippen LogP contribution in [0.2, 0.25) is 5.02 Å². The monoisotopic (exact) mass is 437 g/mol. The van der Waals surface area contributed by atoms with Crippen molar-refractivity contribution in [2.75, 3.05) is 19.0 Å². The Morgan fingerprint density at radius 2 is 2.00 bits per heavy atom. The molecule has 1 fully saturated rings. The molecule has 1 aromatic heterocycles. The second kappa shape index (κ2) is 9.56. The number of anilines is 1. The van der Waals surface area contributed by atoms with Gasteiger partial charge in [0.15, 0.2) is 11.6 Å². The number of hydrogen-bond donors (Lipinski definition) is 2. The highest BCUT2D eigenvalue weighted by Crippen LogP contribution is 2.28. The molecule has 1 aromatic carbocycles. The van der Waals surface area contributed by atoms with Crippen LogP contribution in [0.25, 0.3) is 0 Å². The number of nitrogens with zero attached hydrogens (tertiary/aromatic N) is 1. The zero-order valence-corrected chi connectivity index (χ0v) is 17.7. The SMILES string of the molecule is CNS(=O)(=O)c1ccc(Cl)c(C(=O)Nc2ncccc2OCC2CCCCC2)c1. The lowest BCUT2D eigenvalue weighted by Crippen LogP contribution is -2.20. The molecule has 0 atom stereocenters. The number of aromatic nitrogens is 1. The van der Waals surface area contributed by atoms with E-state index in [1.807, 2.05) is 0 Å². The highest BCUT2D eigenvalue weighted by molar-refractivity contribution is 7.89. The lowest BCUT2D eigenvalue weighted by molar-refractivity contribution is 0.102. The maximum atomic E-state index is 12.8.